The highest BCUT2D eigenvalue weighted by atomic mass is 35.5. The van der Waals surface area contributed by atoms with Crippen LogP contribution in [0.1, 0.15) is 23.2 Å². The van der Waals surface area contributed by atoms with E-state index in [1.165, 1.54) is 0 Å². The number of carbonyl (C=O) groups excluding carboxylic acids is 2. The highest BCUT2D eigenvalue weighted by Gasteiger charge is 2.28. The van der Waals surface area contributed by atoms with Gasteiger partial charge in [0.1, 0.15) is 0 Å². The second kappa shape index (κ2) is 9.54. The van der Waals surface area contributed by atoms with Gasteiger partial charge in [-0.1, -0.05) is 65.7 Å². The van der Waals surface area contributed by atoms with Gasteiger partial charge in [-0.25, -0.2) is 0 Å². The number of hydrogen-bond donors (Lipinski definition) is 1. The summed E-state index contributed by atoms with van der Waals surface area (Å²) in [5.74, 6) is -0.222. The van der Waals surface area contributed by atoms with Crippen molar-refractivity contribution in [3.8, 4) is 11.1 Å². The summed E-state index contributed by atoms with van der Waals surface area (Å²) in [5, 5.41) is 3.83. The van der Waals surface area contributed by atoms with Crippen molar-refractivity contribution in [1.82, 2.24) is 4.90 Å². The van der Waals surface area contributed by atoms with E-state index in [0.717, 1.165) is 11.1 Å². The largest absolute Gasteiger partial charge is 0.339 e. The van der Waals surface area contributed by atoms with Gasteiger partial charge in [-0.05, 0) is 54.3 Å². The summed E-state index contributed by atoms with van der Waals surface area (Å²) in [4.78, 5) is 27.3. The van der Waals surface area contributed by atoms with E-state index in [9.17, 15) is 9.59 Å². The average molecular weight is 453 g/mol. The molecule has 1 fully saturated rings. The van der Waals surface area contributed by atoms with Crippen molar-refractivity contribution in [3.05, 3.63) is 88.4 Å². The summed E-state index contributed by atoms with van der Waals surface area (Å²) in [5.41, 5.74) is 3.44. The molecule has 0 atom stereocenters. The first-order chi connectivity index (χ1) is 15.0. The van der Waals surface area contributed by atoms with Crippen LogP contribution in [0.4, 0.5) is 5.69 Å². The Hall–Kier alpha value is -2.82. The summed E-state index contributed by atoms with van der Waals surface area (Å²) < 4.78 is 0. The van der Waals surface area contributed by atoms with Crippen molar-refractivity contribution in [3.63, 3.8) is 0 Å². The second-order valence-electron chi connectivity index (χ2n) is 7.66. The van der Waals surface area contributed by atoms with Crippen LogP contribution in [0, 0.1) is 5.92 Å². The van der Waals surface area contributed by atoms with Gasteiger partial charge in [0.25, 0.3) is 5.91 Å². The molecule has 1 saturated heterocycles. The van der Waals surface area contributed by atoms with Crippen LogP contribution in [0.15, 0.2) is 72.8 Å². The first kappa shape index (κ1) is 21.4. The summed E-state index contributed by atoms with van der Waals surface area (Å²) in [6.45, 7) is 1.10. The van der Waals surface area contributed by atoms with Gasteiger partial charge in [0.2, 0.25) is 5.91 Å². The fourth-order valence-electron chi connectivity index (χ4n) is 3.83. The van der Waals surface area contributed by atoms with Crippen molar-refractivity contribution in [2.45, 2.75) is 12.8 Å². The van der Waals surface area contributed by atoms with Crippen LogP contribution in [-0.4, -0.2) is 29.8 Å². The Morgan fingerprint density at radius 1 is 0.806 bits per heavy atom. The Kier molecular flexibility index (Phi) is 6.59. The van der Waals surface area contributed by atoms with E-state index in [4.69, 9.17) is 23.2 Å². The minimum absolute atomic E-state index is 0.0000860. The standard InChI is InChI=1S/C25H22Cl2N2O2/c26-21-14-22(27)16-23(15-21)28-24(30)19-10-12-29(13-11-19)25(31)20-8-6-18(7-9-20)17-4-2-1-3-5-17/h1-9,14-16,19H,10-13H2,(H,28,30). The zero-order chi connectivity index (χ0) is 21.8. The van der Waals surface area contributed by atoms with Crippen LogP contribution < -0.4 is 5.32 Å². The molecule has 1 heterocycles. The van der Waals surface area contributed by atoms with E-state index in [1.54, 1.807) is 18.2 Å². The summed E-state index contributed by atoms with van der Waals surface area (Å²) in [6, 6.07) is 22.7. The van der Waals surface area contributed by atoms with Crippen LogP contribution >= 0.6 is 23.2 Å². The van der Waals surface area contributed by atoms with Crippen LogP contribution in [-0.2, 0) is 4.79 Å². The van der Waals surface area contributed by atoms with Crippen molar-refractivity contribution in [2.24, 2.45) is 5.92 Å². The van der Waals surface area contributed by atoms with E-state index in [0.29, 0.717) is 47.2 Å². The predicted octanol–water partition coefficient (Wildman–Crippen LogP) is 6.15. The molecule has 1 aliphatic rings. The van der Waals surface area contributed by atoms with Crippen molar-refractivity contribution >= 4 is 40.7 Å². The molecule has 31 heavy (non-hydrogen) atoms. The topological polar surface area (TPSA) is 49.4 Å². The van der Waals surface area contributed by atoms with E-state index < -0.39 is 0 Å². The van der Waals surface area contributed by atoms with E-state index in [1.807, 2.05) is 59.5 Å². The molecule has 0 saturated carbocycles. The van der Waals surface area contributed by atoms with Gasteiger partial charge in [0.05, 0.1) is 0 Å². The van der Waals surface area contributed by atoms with Gasteiger partial charge in [-0.15, -0.1) is 0 Å². The molecule has 0 spiro atoms. The molecular formula is C25H22Cl2N2O2. The minimum atomic E-state index is -0.151. The number of likely N-dealkylation sites (tertiary alicyclic amines) is 1. The van der Waals surface area contributed by atoms with E-state index in [2.05, 4.69) is 5.32 Å². The lowest BCUT2D eigenvalue weighted by Crippen LogP contribution is -2.41. The number of nitrogens with zero attached hydrogens (tertiary/aromatic N) is 1. The van der Waals surface area contributed by atoms with Crippen LogP contribution in [0.2, 0.25) is 10.0 Å². The third-order valence-corrected chi connectivity index (χ3v) is 5.96. The second-order valence-corrected chi connectivity index (χ2v) is 8.53. The molecule has 0 unspecified atom stereocenters. The molecule has 0 aromatic heterocycles. The quantitative estimate of drug-likeness (QED) is 0.515. The van der Waals surface area contributed by atoms with Gasteiger partial charge < -0.3 is 10.2 Å². The molecule has 4 nitrogen and oxygen atoms in total. The maximum absolute atomic E-state index is 12.9. The van der Waals surface area contributed by atoms with Crippen LogP contribution in [0.3, 0.4) is 0 Å². The average Bonchev–Trinajstić information content (AvgIpc) is 2.79. The number of benzene rings is 3. The lowest BCUT2D eigenvalue weighted by atomic mass is 9.95. The first-order valence-electron chi connectivity index (χ1n) is 10.2. The molecule has 0 aliphatic carbocycles. The number of hydrogen-bond acceptors (Lipinski definition) is 2. The molecule has 158 valence electrons. The maximum Gasteiger partial charge on any atom is 0.253 e. The van der Waals surface area contributed by atoms with Crippen LogP contribution in [0.5, 0.6) is 0 Å². The molecule has 6 heteroatoms. The number of carbonyl (C=O) groups is 2. The molecule has 0 radical (unpaired) electrons. The summed E-state index contributed by atoms with van der Waals surface area (Å²) in [6.07, 6.45) is 1.24. The number of halogens is 2. The normalized spacial score (nSPS) is 14.3. The zero-order valence-corrected chi connectivity index (χ0v) is 18.4. The Morgan fingerprint density at radius 3 is 2.00 bits per heavy atom. The molecule has 3 aromatic rings. The first-order valence-corrected chi connectivity index (χ1v) is 11.0. The van der Waals surface area contributed by atoms with Gasteiger partial charge in [-0.2, -0.15) is 0 Å². The fourth-order valence-corrected chi connectivity index (χ4v) is 4.36. The van der Waals surface area contributed by atoms with Gasteiger partial charge >= 0.3 is 0 Å². The molecule has 1 aliphatic heterocycles. The monoisotopic (exact) mass is 452 g/mol. The van der Waals surface area contributed by atoms with Crippen molar-refractivity contribution in [1.29, 1.82) is 0 Å². The van der Waals surface area contributed by atoms with Gasteiger partial charge in [0, 0.05) is 40.3 Å². The maximum atomic E-state index is 12.9. The smallest absolute Gasteiger partial charge is 0.253 e. The summed E-state index contributed by atoms with van der Waals surface area (Å²) in [7, 11) is 0. The lowest BCUT2D eigenvalue weighted by molar-refractivity contribution is -0.121. The molecular weight excluding hydrogens is 431 g/mol. The fraction of sp³-hybridized carbons (Fsp3) is 0.200. The molecule has 2 amide bonds. The Balaban J connectivity index is 1.34. The van der Waals surface area contributed by atoms with Crippen LogP contribution in [0.25, 0.3) is 11.1 Å². The Bertz CT molecular complexity index is 1060. The minimum Gasteiger partial charge on any atom is -0.339 e. The van der Waals surface area contributed by atoms with E-state index >= 15 is 0 Å². The molecule has 3 aromatic carbocycles. The summed E-state index contributed by atoms with van der Waals surface area (Å²) >= 11 is 12.0. The number of rotatable bonds is 4. The lowest BCUT2D eigenvalue weighted by Gasteiger charge is -2.31. The van der Waals surface area contributed by atoms with Crippen molar-refractivity contribution in [2.75, 3.05) is 18.4 Å². The van der Waals surface area contributed by atoms with Gasteiger partial charge in [-0.3, -0.25) is 9.59 Å². The zero-order valence-electron chi connectivity index (χ0n) is 16.9. The molecule has 4 rings (SSSR count). The molecule has 0 bridgehead atoms. The van der Waals surface area contributed by atoms with Gasteiger partial charge in [0.15, 0.2) is 0 Å². The van der Waals surface area contributed by atoms with E-state index in [-0.39, 0.29) is 17.7 Å². The number of piperidine rings is 1. The highest BCUT2D eigenvalue weighted by molar-refractivity contribution is 6.35. The predicted molar refractivity (Wildman–Crippen MR) is 126 cm³/mol. The number of nitrogens with one attached hydrogen (secondary N) is 1. The third-order valence-electron chi connectivity index (χ3n) is 5.52. The SMILES string of the molecule is O=C(Nc1cc(Cl)cc(Cl)c1)C1CCN(C(=O)c2ccc(-c3ccccc3)cc2)CC1. The number of anilines is 1. The van der Waals surface area contributed by atoms with Crippen molar-refractivity contribution < 1.29 is 9.59 Å². The Morgan fingerprint density at radius 2 is 1.39 bits per heavy atom. The Labute approximate surface area is 191 Å². The number of amides is 2. The highest BCUT2D eigenvalue weighted by Crippen LogP contribution is 2.26. The molecule has 1 N–H and O–H groups in total. The third kappa shape index (κ3) is 5.27.